The molecule has 1 nitrogen and oxygen atoms in total. The minimum atomic E-state index is -3.40. The second kappa shape index (κ2) is 11.4. The quantitative estimate of drug-likeness (QED) is 0.158. The molecule has 0 heterocycles. The lowest BCUT2D eigenvalue weighted by Crippen LogP contribution is -2.16. The zero-order valence-corrected chi connectivity index (χ0v) is 20.1. The highest BCUT2D eigenvalue weighted by Crippen LogP contribution is 2.38. The summed E-state index contributed by atoms with van der Waals surface area (Å²) in [4.78, 5) is 0. The number of unbranched alkanes of at least 4 members (excludes halogenated alkanes) is 2. The van der Waals surface area contributed by atoms with Crippen LogP contribution in [0.1, 0.15) is 43.7 Å². The molecule has 36 heavy (non-hydrogen) atoms. The predicted molar refractivity (Wildman–Crippen MR) is 136 cm³/mol. The normalized spacial score (nSPS) is 11.5. The number of hydrogen-bond acceptors (Lipinski definition) is 1. The first-order chi connectivity index (χ1) is 17.4. The molecule has 0 aliphatic heterocycles. The minimum Gasteiger partial charge on any atom is -0.489 e. The molecule has 0 saturated heterocycles. The van der Waals surface area contributed by atoms with Crippen LogP contribution in [0.3, 0.4) is 0 Å². The van der Waals surface area contributed by atoms with Crippen molar-refractivity contribution in [3.63, 3.8) is 0 Å². The molecule has 0 fully saturated rings. The zero-order chi connectivity index (χ0) is 25.5. The first-order valence-corrected chi connectivity index (χ1v) is 12.1. The van der Waals surface area contributed by atoms with E-state index in [1.54, 1.807) is 24.3 Å². The van der Waals surface area contributed by atoms with Crippen molar-refractivity contribution in [3.8, 4) is 28.0 Å². The first kappa shape index (κ1) is 25.5. The van der Waals surface area contributed by atoms with Crippen molar-refractivity contribution in [1.82, 2.24) is 0 Å². The Morgan fingerprint density at radius 2 is 1.28 bits per heavy atom. The maximum Gasteiger partial charge on any atom is 0.276 e. The van der Waals surface area contributed by atoms with Crippen LogP contribution in [0.25, 0.3) is 22.3 Å². The summed E-state index contributed by atoms with van der Waals surface area (Å²) in [5.41, 5.74) is 2.38. The van der Waals surface area contributed by atoms with Gasteiger partial charge >= 0.3 is 0 Å². The molecule has 4 aromatic carbocycles. The van der Waals surface area contributed by atoms with Crippen LogP contribution in [-0.4, -0.2) is 0 Å². The van der Waals surface area contributed by atoms with E-state index < -0.39 is 29.5 Å². The van der Waals surface area contributed by atoms with E-state index in [-0.39, 0.29) is 12.0 Å². The van der Waals surface area contributed by atoms with Crippen LogP contribution in [0.4, 0.5) is 17.6 Å². The number of alkyl halides is 2. The molecule has 0 spiro atoms. The van der Waals surface area contributed by atoms with Gasteiger partial charge in [-0.2, -0.15) is 0 Å². The molecule has 0 radical (unpaired) electrons. The highest BCUT2D eigenvalue weighted by molar-refractivity contribution is 5.71. The lowest BCUT2D eigenvalue weighted by molar-refractivity contribution is -0.0195. The molecule has 0 aromatic heterocycles. The van der Waals surface area contributed by atoms with Gasteiger partial charge in [0.2, 0.25) is 0 Å². The van der Waals surface area contributed by atoms with Crippen LogP contribution >= 0.6 is 0 Å². The molecule has 0 amide bonds. The van der Waals surface area contributed by atoms with Crippen molar-refractivity contribution in [1.29, 1.82) is 0 Å². The zero-order valence-electron chi connectivity index (χ0n) is 20.1. The first-order valence-electron chi connectivity index (χ1n) is 12.1. The Labute approximate surface area is 209 Å². The number of rotatable bonds is 10. The smallest absolute Gasteiger partial charge is 0.276 e. The molecule has 4 aromatic rings. The lowest BCUT2D eigenvalue weighted by atomic mass is 9.96. The van der Waals surface area contributed by atoms with Crippen LogP contribution in [-0.2, 0) is 12.5 Å². The van der Waals surface area contributed by atoms with E-state index in [2.05, 4.69) is 0 Å². The Bertz CT molecular complexity index is 1270. The fourth-order valence-electron chi connectivity index (χ4n) is 4.11. The summed E-state index contributed by atoms with van der Waals surface area (Å²) in [7, 11) is 0. The van der Waals surface area contributed by atoms with Crippen molar-refractivity contribution in [3.05, 3.63) is 114 Å². The molecule has 0 aliphatic rings. The molecular formula is C31H28F4O. The van der Waals surface area contributed by atoms with Gasteiger partial charge in [0.15, 0.2) is 11.6 Å². The minimum absolute atomic E-state index is 0.0446. The Morgan fingerprint density at radius 1 is 0.667 bits per heavy atom. The average Bonchev–Trinajstić information content (AvgIpc) is 2.90. The highest BCUT2D eigenvalue weighted by atomic mass is 19.3. The van der Waals surface area contributed by atoms with Crippen LogP contribution < -0.4 is 4.74 Å². The van der Waals surface area contributed by atoms with Crippen molar-refractivity contribution < 1.29 is 22.3 Å². The second-order valence-corrected chi connectivity index (χ2v) is 8.83. The summed E-state index contributed by atoms with van der Waals surface area (Å²) >= 11 is 0. The predicted octanol–water partition coefficient (Wildman–Crippen LogP) is 9.55. The van der Waals surface area contributed by atoms with E-state index in [0.29, 0.717) is 18.6 Å². The monoisotopic (exact) mass is 492 g/mol. The van der Waals surface area contributed by atoms with Gasteiger partial charge in [-0.3, -0.25) is 0 Å². The standard InChI is InChI=1S/C31H28F4O/c1-2-3-7-20-31(34,35)28-19-18-27(29(32)30(28)33)25-12-10-23(11-13-25)24-14-16-26(17-15-24)36-21-22-8-5-4-6-9-22/h4-6,8-19H,2-3,7,20-21H2,1H3. The van der Waals surface area contributed by atoms with Gasteiger partial charge in [-0.25, -0.2) is 17.6 Å². The van der Waals surface area contributed by atoms with Gasteiger partial charge in [0.05, 0.1) is 5.56 Å². The average molecular weight is 493 g/mol. The van der Waals surface area contributed by atoms with E-state index in [4.69, 9.17) is 4.74 Å². The topological polar surface area (TPSA) is 9.23 Å². The Balaban J connectivity index is 1.47. The summed E-state index contributed by atoms with van der Waals surface area (Å²) in [6.45, 7) is 2.37. The summed E-state index contributed by atoms with van der Waals surface area (Å²) in [5.74, 6) is -5.40. The Kier molecular flexibility index (Phi) is 8.09. The molecule has 4 rings (SSSR count). The largest absolute Gasteiger partial charge is 0.489 e. The third-order valence-electron chi connectivity index (χ3n) is 6.20. The van der Waals surface area contributed by atoms with Crippen LogP contribution in [0, 0.1) is 11.6 Å². The van der Waals surface area contributed by atoms with Gasteiger partial charge < -0.3 is 4.74 Å². The van der Waals surface area contributed by atoms with Gasteiger partial charge in [0.1, 0.15) is 12.4 Å². The summed E-state index contributed by atoms with van der Waals surface area (Å²) in [6.07, 6.45) is 1.15. The molecule has 0 unspecified atom stereocenters. The van der Waals surface area contributed by atoms with Crippen molar-refractivity contribution in [2.24, 2.45) is 0 Å². The summed E-state index contributed by atoms with van der Waals surface area (Å²) in [5, 5.41) is 0. The summed E-state index contributed by atoms with van der Waals surface area (Å²) in [6, 6.07) is 26.6. The maximum atomic E-state index is 14.8. The van der Waals surface area contributed by atoms with E-state index in [9.17, 15) is 17.6 Å². The Morgan fingerprint density at radius 3 is 1.92 bits per heavy atom. The SMILES string of the molecule is CCCCCC(F)(F)c1ccc(-c2ccc(-c3ccc(OCc4ccccc4)cc3)cc2)c(F)c1F. The number of benzene rings is 4. The number of ether oxygens (including phenoxy) is 1. The van der Waals surface area contributed by atoms with Crippen molar-refractivity contribution in [2.75, 3.05) is 0 Å². The molecule has 186 valence electrons. The molecule has 0 aliphatic carbocycles. The number of halogens is 4. The summed E-state index contributed by atoms with van der Waals surface area (Å²) < 4.78 is 64.1. The number of hydrogen-bond donors (Lipinski definition) is 0. The molecule has 0 saturated carbocycles. The van der Waals surface area contributed by atoms with Crippen LogP contribution in [0.2, 0.25) is 0 Å². The van der Waals surface area contributed by atoms with Gasteiger partial charge in [-0.05, 0) is 46.9 Å². The van der Waals surface area contributed by atoms with Gasteiger partial charge in [0, 0.05) is 12.0 Å². The van der Waals surface area contributed by atoms with E-state index >= 15 is 0 Å². The molecule has 5 heteroatoms. The van der Waals surface area contributed by atoms with E-state index in [1.807, 2.05) is 61.5 Å². The third kappa shape index (κ3) is 5.96. The molecule has 0 atom stereocenters. The molecule has 0 bridgehead atoms. The maximum absolute atomic E-state index is 14.8. The van der Waals surface area contributed by atoms with Crippen LogP contribution in [0.5, 0.6) is 5.75 Å². The van der Waals surface area contributed by atoms with E-state index in [0.717, 1.165) is 34.9 Å². The van der Waals surface area contributed by atoms with Gasteiger partial charge in [-0.1, -0.05) is 92.6 Å². The fourth-order valence-corrected chi connectivity index (χ4v) is 4.11. The molecular weight excluding hydrogens is 464 g/mol. The molecule has 0 N–H and O–H groups in total. The highest BCUT2D eigenvalue weighted by Gasteiger charge is 2.35. The van der Waals surface area contributed by atoms with Crippen molar-refractivity contribution >= 4 is 0 Å². The second-order valence-electron chi connectivity index (χ2n) is 8.83. The lowest BCUT2D eigenvalue weighted by Gasteiger charge is -2.18. The fraction of sp³-hybridized carbons (Fsp3) is 0.226. The van der Waals surface area contributed by atoms with Crippen LogP contribution in [0.15, 0.2) is 91.0 Å². The Hall–Kier alpha value is -3.60. The van der Waals surface area contributed by atoms with E-state index in [1.165, 1.54) is 6.07 Å². The van der Waals surface area contributed by atoms with Crippen molar-refractivity contribution in [2.45, 2.75) is 45.1 Å². The third-order valence-corrected chi connectivity index (χ3v) is 6.20. The van der Waals surface area contributed by atoms with Gasteiger partial charge in [0.25, 0.3) is 5.92 Å². The van der Waals surface area contributed by atoms with Gasteiger partial charge in [-0.15, -0.1) is 0 Å².